The molecule has 1 heterocycles. The second kappa shape index (κ2) is 8.37. The van der Waals surface area contributed by atoms with Gasteiger partial charge >= 0.3 is 0 Å². The van der Waals surface area contributed by atoms with Crippen LogP contribution in [0.1, 0.15) is 67.7 Å². The van der Waals surface area contributed by atoms with E-state index in [1.807, 2.05) is 36.4 Å². The first kappa shape index (κ1) is 22.8. The summed E-state index contributed by atoms with van der Waals surface area (Å²) in [4.78, 5) is 12.8. The van der Waals surface area contributed by atoms with Crippen LogP contribution >= 0.6 is 23.2 Å². The van der Waals surface area contributed by atoms with E-state index >= 15 is 0 Å². The van der Waals surface area contributed by atoms with Gasteiger partial charge in [-0.3, -0.25) is 4.79 Å². The van der Waals surface area contributed by atoms with E-state index in [-0.39, 0.29) is 24.0 Å². The summed E-state index contributed by atoms with van der Waals surface area (Å²) in [6, 6.07) is 11.7. The monoisotopic (exact) mass is 489 g/mol. The molecule has 2 fully saturated rings. The molecule has 5 rings (SSSR count). The molecule has 2 aromatic rings. The lowest BCUT2D eigenvalue weighted by atomic mass is 9.75. The van der Waals surface area contributed by atoms with Gasteiger partial charge in [-0.05, 0) is 56.0 Å². The predicted molar refractivity (Wildman–Crippen MR) is 130 cm³/mol. The first-order chi connectivity index (χ1) is 15.8. The SMILES string of the molecule is COc1ccc(OC)c2c1[C@@H](c1cccc(NC(=O)[C@@]3(C)CC3(Cl)Cl)c1)O[C@@H]1CCCC[C@@H]21. The van der Waals surface area contributed by atoms with Gasteiger partial charge in [0.2, 0.25) is 5.91 Å². The van der Waals surface area contributed by atoms with Crippen molar-refractivity contribution < 1.29 is 19.0 Å². The number of fused-ring (bicyclic) bond motifs is 3. The Morgan fingerprint density at radius 1 is 1.06 bits per heavy atom. The molecule has 33 heavy (non-hydrogen) atoms. The van der Waals surface area contributed by atoms with E-state index in [4.69, 9.17) is 37.4 Å². The lowest BCUT2D eigenvalue weighted by Crippen LogP contribution is -2.34. The minimum atomic E-state index is -1.01. The summed E-state index contributed by atoms with van der Waals surface area (Å²) in [7, 11) is 3.40. The number of benzene rings is 2. The molecular weight excluding hydrogens is 461 g/mol. The lowest BCUT2D eigenvalue weighted by Gasteiger charge is -2.42. The van der Waals surface area contributed by atoms with Crippen molar-refractivity contribution in [2.45, 2.75) is 61.5 Å². The molecule has 0 saturated heterocycles. The zero-order chi connectivity index (χ0) is 23.4. The van der Waals surface area contributed by atoms with Crippen LogP contribution in [-0.2, 0) is 9.53 Å². The Morgan fingerprint density at radius 3 is 2.39 bits per heavy atom. The van der Waals surface area contributed by atoms with Crippen molar-refractivity contribution in [1.29, 1.82) is 0 Å². The van der Waals surface area contributed by atoms with Crippen LogP contribution in [0, 0.1) is 5.41 Å². The molecule has 0 bridgehead atoms. The maximum Gasteiger partial charge on any atom is 0.233 e. The van der Waals surface area contributed by atoms with Gasteiger partial charge in [0, 0.05) is 22.7 Å². The molecule has 2 saturated carbocycles. The van der Waals surface area contributed by atoms with Crippen LogP contribution in [0.2, 0.25) is 0 Å². The van der Waals surface area contributed by atoms with Crippen molar-refractivity contribution in [3.8, 4) is 11.5 Å². The molecule has 0 spiro atoms. The van der Waals surface area contributed by atoms with E-state index in [1.54, 1.807) is 21.1 Å². The zero-order valence-corrected chi connectivity index (χ0v) is 20.6. The van der Waals surface area contributed by atoms with Gasteiger partial charge in [0.1, 0.15) is 21.9 Å². The summed E-state index contributed by atoms with van der Waals surface area (Å²) >= 11 is 12.4. The fraction of sp³-hybridized carbons (Fsp3) is 0.500. The molecule has 2 aromatic carbocycles. The van der Waals surface area contributed by atoms with Crippen molar-refractivity contribution in [1.82, 2.24) is 0 Å². The Hall–Kier alpha value is -1.95. The lowest BCUT2D eigenvalue weighted by molar-refractivity contribution is -0.120. The van der Waals surface area contributed by atoms with E-state index in [0.717, 1.165) is 41.9 Å². The number of hydrogen-bond acceptors (Lipinski definition) is 4. The Bertz CT molecular complexity index is 1090. The number of alkyl halides is 2. The normalized spacial score (nSPS) is 29.4. The number of anilines is 1. The number of amides is 1. The molecule has 5 nitrogen and oxygen atoms in total. The number of ether oxygens (including phenoxy) is 3. The summed E-state index contributed by atoms with van der Waals surface area (Å²) in [6.07, 6.45) is 4.66. The van der Waals surface area contributed by atoms with Crippen molar-refractivity contribution in [2.24, 2.45) is 5.41 Å². The summed E-state index contributed by atoms with van der Waals surface area (Å²) < 4.78 is 17.3. The molecule has 176 valence electrons. The number of methoxy groups -OCH3 is 2. The van der Waals surface area contributed by atoms with Gasteiger partial charge in [-0.15, -0.1) is 23.2 Å². The van der Waals surface area contributed by atoms with Crippen molar-refractivity contribution in [3.63, 3.8) is 0 Å². The van der Waals surface area contributed by atoms with Crippen molar-refractivity contribution in [3.05, 3.63) is 53.1 Å². The topological polar surface area (TPSA) is 56.8 Å². The molecule has 0 unspecified atom stereocenters. The Balaban J connectivity index is 1.54. The number of halogens is 2. The van der Waals surface area contributed by atoms with Crippen LogP contribution in [0.15, 0.2) is 36.4 Å². The third kappa shape index (κ3) is 3.78. The maximum atomic E-state index is 12.8. The van der Waals surface area contributed by atoms with Crippen molar-refractivity contribution in [2.75, 3.05) is 19.5 Å². The Morgan fingerprint density at radius 2 is 1.73 bits per heavy atom. The van der Waals surface area contributed by atoms with Crippen LogP contribution < -0.4 is 14.8 Å². The van der Waals surface area contributed by atoms with Crippen molar-refractivity contribution >= 4 is 34.8 Å². The molecule has 0 radical (unpaired) electrons. The number of carbonyl (C=O) groups is 1. The third-order valence-corrected chi connectivity index (χ3v) is 8.60. The second-order valence-electron chi connectivity index (χ2n) is 9.54. The molecule has 7 heteroatoms. The van der Waals surface area contributed by atoms with E-state index in [2.05, 4.69) is 5.32 Å². The minimum Gasteiger partial charge on any atom is -0.496 e. The van der Waals surface area contributed by atoms with E-state index < -0.39 is 9.75 Å². The number of hydrogen-bond donors (Lipinski definition) is 1. The summed E-state index contributed by atoms with van der Waals surface area (Å²) in [5.74, 6) is 1.77. The molecular formula is C26H29Cl2NO4. The molecule has 1 amide bonds. The molecule has 4 atom stereocenters. The smallest absolute Gasteiger partial charge is 0.233 e. The first-order valence-electron chi connectivity index (χ1n) is 11.5. The van der Waals surface area contributed by atoms with Crippen LogP contribution in [-0.4, -0.2) is 30.6 Å². The van der Waals surface area contributed by atoms with Crippen LogP contribution in [0.4, 0.5) is 5.69 Å². The highest BCUT2D eigenvalue weighted by atomic mass is 35.5. The number of nitrogens with one attached hydrogen (secondary N) is 1. The zero-order valence-electron chi connectivity index (χ0n) is 19.1. The summed E-state index contributed by atoms with van der Waals surface area (Å²) in [5, 5.41) is 2.99. The highest BCUT2D eigenvalue weighted by Crippen LogP contribution is 2.64. The fourth-order valence-corrected chi connectivity index (χ4v) is 6.08. The summed E-state index contributed by atoms with van der Waals surface area (Å²) in [5.41, 5.74) is 3.05. The quantitative estimate of drug-likeness (QED) is 0.495. The molecule has 1 N–H and O–H groups in total. The first-order valence-corrected chi connectivity index (χ1v) is 12.2. The highest BCUT2D eigenvalue weighted by Gasteiger charge is 2.67. The van der Waals surface area contributed by atoms with Gasteiger partial charge in [-0.1, -0.05) is 25.0 Å². The Labute approximate surface area is 204 Å². The average molecular weight is 490 g/mol. The van der Waals surface area contributed by atoms with E-state index in [1.165, 1.54) is 12.0 Å². The van der Waals surface area contributed by atoms with Gasteiger partial charge in [0.15, 0.2) is 0 Å². The number of carbonyl (C=O) groups excluding carboxylic acids is 1. The maximum absolute atomic E-state index is 12.8. The minimum absolute atomic E-state index is 0.119. The van der Waals surface area contributed by atoms with Crippen LogP contribution in [0.3, 0.4) is 0 Å². The van der Waals surface area contributed by atoms with Gasteiger partial charge < -0.3 is 19.5 Å². The third-order valence-electron chi connectivity index (χ3n) is 7.50. The standard InChI is InChI=1S/C26H29Cl2NO4/c1-25(14-26(25,27)28)24(30)29-16-8-6-7-15(13-16)23-22-20(32-3)12-11-19(31-2)21(22)17-9-4-5-10-18(17)33-23/h6-8,11-13,17-18,23H,4-5,9-10,14H2,1-3H3,(H,29,30)/t17-,18-,23-,25-/m1/s1. The van der Waals surface area contributed by atoms with Gasteiger partial charge in [0.05, 0.1) is 25.7 Å². The van der Waals surface area contributed by atoms with Crippen LogP contribution in [0.5, 0.6) is 11.5 Å². The van der Waals surface area contributed by atoms with Gasteiger partial charge in [0.25, 0.3) is 0 Å². The second-order valence-corrected chi connectivity index (χ2v) is 11.0. The predicted octanol–water partition coefficient (Wildman–Crippen LogP) is 6.37. The highest BCUT2D eigenvalue weighted by molar-refractivity contribution is 6.53. The summed E-state index contributed by atoms with van der Waals surface area (Å²) in [6.45, 7) is 1.78. The molecule has 1 aliphatic heterocycles. The van der Waals surface area contributed by atoms with Gasteiger partial charge in [-0.2, -0.15) is 0 Å². The number of rotatable bonds is 5. The van der Waals surface area contributed by atoms with E-state index in [9.17, 15) is 4.79 Å². The molecule has 0 aromatic heterocycles. The van der Waals surface area contributed by atoms with Gasteiger partial charge in [-0.25, -0.2) is 0 Å². The molecule has 3 aliphatic rings. The average Bonchev–Trinajstić information content (AvgIpc) is 3.36. The fourth-order valence-electron chi connectivity index (χ4n) is 5.38. The Kier molecular flexibility index (Phi) is 5.79. The van der Waals surface area contributed by atoms with Crippen LogP contribution in [0.25, 0.3) is 0 Å². The van der Waals surface area contributed by atoms with E-state index in [0.29, 0.717) is 12.1 Å². The largest absolute Gasteiger partial charge is 0.496 e. The molecule has 2 aliphatic carbocycles.